The van der Waals surface area contributed by atoms with Crippen LogP contribution in [0.1, 0.15) is 11.1 Å². The van der Waals surface area contributed by atoms with Gasteiger partial charge in [-0.15, -0.1) is 0 Å². The van der Waals surface area contributed by atoms with Crippen LogP contribution in [0.4, 0.5) is 4.39 Å². The van der Waals surface area contributed by atoms with Crippen molar-refractivity contribution >= 4 is 15.9 Å². The van der Waals surface area contributed by atoms with E-state index in [1.807, 2.05) is 0 Å². The van der Waals surface area contributed by atoms with Crippen molar-refractivity contribution in [3.63, 3.8) is 0 Å². The number of hydrogen-bond donors (Lipinski definition) is 3. The third-order valence-corrected chi connectivity index (χ3v) is 3.47. The van der Waals surface area contributed by atoms with E-state index in [4.69, 9.17) is 0 Å². The lowest BCUT2D eigenvalue weighted by Gasteiger charge is -2.08. The van der Waals surface area contributed by atoms with Gasteiger partial charge in [0.15, 0.2) is 11.5 Å². The summed E-state index contributed by atoms with van der Waals surface area (Å²) >= 11 is 3.36. The second-order valence-corrected chi connectivity index (χ2v) is 5.02. The van der Waals surface area contributed by atoms with Crippen LogP contribution in [-0.4, -0.2) is 10.2 Å². The van der Waals surface area contributed by atoms with Crippen LogP contribution in [0.3, 0.4) is 0 Å². The predicted octanol–water partition coefficient (Wildman–Crippen LogP) is 3.29. The quantitative estimate of drug-likeness (QED) is 0.756. The minimum absolute atomic E-state index is 0.142. The Balaban J connectivity index is 1.96. The summed E-state index contributed by atoms with van der Waals surface area (Å²) in [6.07, 6.45) is 0. The third kappa shape index (κ3) is 3.68. The van der Waals surface area contributed by atoms with E-state index in [9.17, 15) is 14.6 Å². The number of phenolic OH excluding ortho intramolecular Hbond substituents is 2. The molecule has 2 rings (SSSR count). The maximum absolute atomic E-state index is 13.1. The molecule has 3 N–H and O–H groups in total. The van der Waals surface area contributed by atoms with Crippen molar-refractivity contribution in [2.45, 2.75) is 13.1 Å². The van der Waals surface area contributed by atoms with Crippen LogP contribution in [0, 0.1) is 5.82 Å². The smallest absolute Gasteiger partial charge is 0.157 e. The van der Waals surface area contributed by atoms with Gasteiger partial charge in [0.2, 0.25) is 0 Å². The van der Waals surface area contributed by atoms with Crippen molar-refractivity contribution in [3.05, 3.63) is 57.8 Å². The van der Waals surface area contributed by atoms with Gasteiger partial charge in [0.05, 0.1) is 0 Å². The second kappa shape index (κ2) is 6.04. The zero-order valence-electron chi connectivity index (χ0n) is 10.0. The van der Waals surface area contributed by atoms with Crippen LogP contribution in [0.15, 0.2) is 40.9 Å². The Hall–Kier alpha value is -1.59. The van der Waals surface area contributed by atoms with Crippen molar-refractivity contribution in [3.8, 4) is 11.5 Å². The molecule has 19 heavy (non-hydrogen) atoms. The normalized spacial score (nSPS) is 10.6. The zero-order chi connectivity index (χ0) is 13.8. The van der Waals surface area contributed by atoms with E-state index in [1.54, 1.807) is 12.1 Å². The van der Waals surface area contributed by atoms with Gasteiger partial charge in [-0.25, -0.2) is 4.39 Å². The first-order valence-electron chi connectivity index (χ1n) is 5.72. The fourth-order valence-electron chi connectivity index (χ4n) is 1.70. The van der Waals surface area contributed by atoms with Crippen LogP contribution in [-0.2, 0) is 13.1 Å². The Morgan fingerprint density at radius 1 is 1.00 bits per heavy atom. The first-order valence-corrected chi connectivity index (χ1v) is 6.51. The van der Waals surface area contributed by atoms with E-state index in [1.165, 1.54) is 24.3 Å². The topological polar surface area (TPSA) is 52.5 Å². The highest BCUT2D eigenvalue weighted by Crippen LogP contribution is 2.24. The van der Waals surface area contributed by atoms with Gasteiger partial charge >= 0.3 is 0 Å². The fourth-order valence-corrected chi connectivity index (χ4v) is 2.09. The van der Waals surface area contributed by atoms with Crippen molar-refractivity contribution in [2.24, 2.45) is 0 Å². The van der Waals surface area contributed by atoms with E-state index in [-0.39, 0.29) is 17.3 Å². The minimum Gasteiger partial charge on any atom is -0.504 e. The van der Waals surface area contributed by atoms with Crippen molar-refractivity contribution in [1.29, 1.82) is 0 Å². The largest absolute Gasteiger partial charge is 0.504 e. The number of phenols is 2. The van der Waals surface area contributed by atoms with E-state index < -0.39 is 0 Å². The van der Waals surface area contributed by atoms with Crippen LogP contribution in [0.25, 0.3) is 0 Å². The molecule has 0 saturated heterocycles. The molecule has 2 aromatic rings. The van der Waals surface area contributed by atoms with Gasteiger partial charge in [0.1, 0.15) is 5.82 Å². The summed E-state index contributed by atoms with van der Waals surface area (Å²) in [6.45, 7) is 1.01. The first kappa shape index (κ1) is 13.8. The summed E-state index contributed by atoms with van der Waals surface area (Å²) in [4.78, 5) is 0. The van der Waals surface area contributed by atoms with Gasteiger partial charge in [-0.3, -0.25) is 0 Å². The van der Waals surface area contributed by atoms with E-state index in [0.717, 1.165) is 15.6 Å². The minimum atomic E-state index is -0.276. The SMILES string of the molecule is Oc1ccc(CNCc2cc(F)ccc2Br)cc1O. The van der Waals surface area contributed by atoms with Gasteiger partial charge in [-0.05, 0) is 41.5 Å². The van der Waals surface area contributed by atoms with Gasteiger partial charge in [0, 0.05) is 17.6 Å². The van der Waals surface area contributed by atoms with Gasteiger partial charge < -0.3 is 15.5 Å². The number of hydrogen-bond acceptors (Lipinski definition) is 3. The monoisotopic (exact) mass is 325 g/mol. The molecule has 0 radical (unpaired) electrons. The number of rotatable bonds is 4. The maximum atomic E-state index is 13.1. The Kier molecular flexibility index (Phi) is 4.39. The second-order valence-electron chi connectivity index (χ2n) is 4.16. The lowest BCUT2D eigenvalue weighted by atomic mass is 10.2. The average molecular weight is 326 g/mol. The Bertz CT molecular complexity index is 590. The molecule has 3 nitrogen and oxygen atoms in total. The molecule has 100 valence electrons. The molecule has 0 amide bonds. The van der Waals surface area contributed by atoms with Crippen molar-refractivity contribution < 1.29 is 14.6 Å². The molecular weight excluding hydrogens is 313 g/mol. The maximum Gasteiger partial charge on any atom is 0.157 e. The molecule has 0 heterocycles. The first-order chi connectivity index (χ1) is 9.06. The van der Waals surface area contributed by atoms with Crippen LogP contribution in [0.5, 0.6) is 11.5 Å². The summed E-state index contributed by atoms with van der Waals surface area (Å²) in [5.41, 5.74) is 1.66. The van der Waals surface area contributed by atoms with E-state index >= 15 is 0 Å². The summed E-state index contributed by atoms with van der Waals surface area (Å²) in [5.74, 6) is -0.565. The molecule has 0 aliphatic heterocycles. The Labute approximate surface area is 118 Å². The molecule has 0 aliphatic carbocycles. The number of benzene rings is 2. The zero-order valence-corrected chi connectivity index (χ0v) is 11.6. The van der Waals surface area contributed by atoms with Gasteiger partial charge in [0.25, 0.3) is 0 Å². The summed E-state index contributed by atoms with van der Waals surface area (Å²) in [5, 5.41) is 21.7. The average Bonchev–Trinajstić information content (AvgIpc) is 2.38. The predicted molar refractivity (Wildman–Crippen MR) is 74.4 cm³/mol. The molecule has 0 atom stereocenters. The highest BCUT2D eigenvalue weighted by atomic mass is 79.9. The van der Waals surface area contributed by atoms with Crippen LogP contribution < -0.4 is 5.32 Å². The highest BCUT2D eigenvalue weighted by molar-refractivity contribution is 9.10. The lowest BCUT2D eigenvalue weighted by molar-refractivity contribution is 0.403. The number of aromatic hydroxyl groups is 2. The van der Waals surface area contributed by atoms with Crippen molar-refractivity contribution in [2.75, 3.05) is 0 Å². The number of halogens is 2. The summed E-state index contributed by atoms with van der Waals surface area (Å²) < 4.78 is 13.9. The van der Waals surface area contributed by atoms with E-state index in [2.05, 4.69) is 21.2 Å². The Morgan fingerprint density at radius 3 is 2.53 bits per heavy atom. The lowest BCUT2D eigenvalue weighted by Crippen LogP contribution is -2.13. The van der Waals surface area contributed by atoms with Crippen LogP contribution in [0.2, 0.25) is 0 Å². The molecule has 5 heteroatoms. The van der Waals surface area contributed by atoms with Crippen LogP contribution >= 0.6 is 15.9 Å². The molecule has 0 bridgehead atoms. The molecule has 0 aliphatic rings. The molecule has 0 saturated carbocycles. The molecule has 0 spiro atoms. The summed E-state index contributed by atoms with van der Waals surface area (Å²) in [7, 11) is 0. The van der Waals surface area contributed by atoms with E-state index in [0.29, 0.717) is 13.1 Å². The van der Waals surface area contributed by atoms with Crippen molar-refractivity contribution in [1.82, 2.24) is 5.32 Å². The molecular formula is C14H13BrFNO2. The molecule has 0 fully saturated rings. The number of nitrogens with one attached hydrogen (secondary N) is 1. The molecule has 0 aromatic heterocycles. The molecule has 2 aromatic carbocycles. The van der Waals surface area contributed by atoms with Gasteiger partial charge in [-0.2, -0.15) is 0 Å². The fraction of sp³-hybridized carbons (Fsp3) is 0.143. The Morgan fingerprint density at radius 2 is 1.79 bits per heavy atom. The standard InChI is InChI=1S/C14H13BrFNO2/c15-12-3-2-11(16)6-10(12)8-17-7-9-1-4-13(18)14(19)5-9/h1-6,17-19H,7-8H2. The van der Waals surface area contributed by atoms with Gasteiger partial charge in [-0.1, -0.05) is 22.0 Å². The molecule has 0 unspecified atom stereocenters. The third-order valence-electron chi connectivity index (χ3n) is 2.69. The highest BCUT2D eigenvalue weighted by Gasteiger charge is 2.03. The summed E-state index contributed by atoms with van der Waals surface area (Å²) in [6, 6.07) is 9.16.